The van der Waals surface area contributed by atoms with Crippen LogP contribution in [0.15, 0.2) is 58.6 Å². The minimum Gasteiger partial charge on any atom is -0.370 e. The molecule has 1 aliphatic rings. The first kappa shape index (κ1) is 38.7. The zero-order valence-corrected chi connectivity index (χ0v) is 40.9. The summed E-state index contributed by atoms with van der Waals surface area (Å²) in [6.07, 6.45) is 4.12. The summed E-state index contributed by atoms with van der Waals surface area (Å²) in [4.78, 5) is 24.6. The third-order valence-electron chi connectivity index (χ3n) is 10.7. The monoisotopic (exact) mass is 941 g/mol. The van der Waals surface area contributed by atoms with Gasteiger partial charge in [0.1, 0.15) is 33.5 Å². The van der Waals surface area contributed by atoms with Crippen molar-refractivity contribution in [3.8, 4) is 51.8 Å². The highest BCUT2D eigenvalue weighted by molar-refractivity contribution is 8.34. The fourth-order valence-electron chi connectivity index (χ4n) is 8.28. The second-order valence-corrected chi connectivity index (χ2v) is 27.4. The molecule has 1 aliphatic heterocycles. The maximum atomic E-state index is 5.15. The fraction of sp³-hybridized carbons (Fsp3) is 0.302. The van der Waals surface area contributed by atoms with Gasteiger partial charge in [0.15, 0.2) is 0 Å². The van der Waals surface area contributed by atoms with Gasteiger partial charge < -0.3 is 4.90 Å². The summed E-state index contributed by atoms with van der Waals surface area (Å²) >= 11 is 13.7. The predicted molar refractivity (Wildman–Crippen MR) is 265 cm³/mol. The molecule has 11 rings (SSSR count). The summed E-state index contributed by atoms with van der Waals surface area (Å²) < 4.78 is 24.8. The Morgan fingerprint density at radius 2 is 1.00 bits per heavy atom. The highest BCUT2D eigenvalue weighted by Gasteiger charge is 2.43. The molecule has 0 unspecified atom stereocenters. The smallest absolute Gasteiger partial charge is 0.132 e. The molecule has 0 saturated heterocycles. The molecule has 0 N–H and O–H groups in total. The van der Waals surface area contributed by atoms with E-state index in [2.05, 4.69) is 109 Å². The molecule has 16 heteroatoms. The van der Waals surface area contributed by atoms with Crippen LogP contribution in [0.4, 0.5) is 5.00 Å². The van der Waals surface area contributed by atoms with Gasteiger partial charge in [0.05, 0.1) is 48.0 Å². The standard InChI is InChI=1S/C43H39N7S9/c1-19(2)17-59(18-20(3)4)33-12-25(22-15-44-38(40-36(22)46-57-48-40)31-10-28-27(52-31)9-24(51-28)21(5)6)55-42(33)43-34(59)13-26(56-43)23-16-45-39(41-37(23)47-58-49-41)32-11-29-30(53-32)14-35(54-29)50(7)8/h9-16,19-21H,17-18H2,1-8H3. The summed E-state index contributed by atoms with van der Waals surface area (Å²) in [5.74, 6) is 3.94. The number of thiophene rings is 6. The lowest BCUT2D eigenvalue weighted by atomic mass is 10.1. The molecule has 0 saturated carbocycles. The molecule has 300 valence electrons. The Morgan fingerprint density at radius 1 is 0.525 bits per heavy atom. The van der Waals surface area contributed by atoms with Crippen molar-refractivity contribution in [2.75, 3.05) is 30.5 Å². The van der Waals surface area contributed by atoms with Gasteiger partial charge >= 0.3 is 0 Å². The zero-order valence-electron chi connectivity index (χ0n) is 33.6. The number of aromatic nitrogens is 6. The number of pyridine rings is 2. The molecule has 7 nitrogen and oxygen atoms in total. The normalized spacial score (nSPS) is 14.4. The van der Waals surface area contributed by atoms with E-state index in [0.717, 1.165) is 65.8 Å². The molecule has 59 heavy (non-hydrogen) atoms. The van der Waals surface area contributed by atoms with Crippen LogP contribution in [-0.2, 0) is 0 Å². The minimum absolute atomic E-state index is 0.530. The minimum atomic E-state index is -1.36. The predicted octanol–water partition coefficient (Wildman–Crippen LogP) is 15.5. The SMILES string of the molecule is CC(C)CS1(CC(C)C)c2cc(-c3cnc(-c4cc5sc(C(C)C)cc5s4)c4nsnc34)sc2-c2sc(-c3cnc(-c4cc5sc(N(C)C)cc5s4)c4nsnc34)cc21. The van der Waals surface area contributed by atoms with Crippen LogP contribution in [0, 0.1) is 11.8 Å². The van der Waals surface area contributed by atoms with Gasteiger partial charge in [-0.15, -0.1) is 68.0 Å². The Bertz CT molecular complexity index is 2950. The van der Waals surface area contributed by atoms with Crippen molar-refractivity contribution < 1.29 is 0 Å². The van der Waals surface area contributed by atoms with Crippen molar-refractivity contribution in [3.05, 3.63) is 53.7 Å². The lowest BCUT2D eigenvalue weighted by Gasteiger charge is -2.40. The van der Waals surface area contributed by atoms with Gasteiger partial charge in [0.2, 0.25) is 0 Å². The number of fused-ring (bicyclic) bond motifs is 7. The van der Waals surface area contributed by atoms with Crippen molar-refractivity contribution >= 4 is 147 Å². The van der Waals surface area contributed by atoms with Gasteiger partial charge in [0.25, 0.3) is 0 Å². The van der Waals surface area contributed by atoms with E-state index in [1.54, 1.807) is 11.3 Å². The fourth-order valence-corrected chi connectivity index (χ4v) is 22.9. The number of nitrogens with zero attached hydrogens (tertiary/aromatic N) is 7. The van der Waals surface area contributed by atoms with Crippen LogP contribution in [0.1, 0.15) is 52.3 Å². The van der Waals surface area contributed by atoms with Gasteiger partial charge in [-0.2, -0.15) is 27.5 Å². The number of anilines is 1. The van der Waals surface area contributed by atoms with Gasteiger partial charge in [-0.05, 0) is 65.7 Å². The molecule has 0 amide bonds. The highest BCUT2D eigenvalue weighted by Crippen LogP contribution is 2.76. The van der Waals surface area contributed by atoms with E-state index >= 15 is 0 Å². The topological polar surface area (TPSA) is 80.6 Å². The van der Waals surface area contributed by atoms with Crippen LogP contribution in [0.2, 0.25) is 0 Å². The van der Waals surface area contributed by atoms with E-state index < -0.39 is 10.0 Å². The molecule has 0 bridgehead atoms. The lowest BCUT2D eigenvalue weighted by Crippen LogP contribution is -2.16. The Morgan fingerprint density at radius 3 is 1.46 bits per heavy atom. The summed E-state index contributed by atoms with van der Waals surface area (Å²) in [5, 5.41) is 1.26. The summed E-state index contributed by atoms with van der Waals surface area (Å²) in [5.41, 5.74) is 7.71. The van der Waals surface area contributed by atoms with Crippen molar-refractivity contribution in [1.82, 2.24) is 27.5 Å². The van der Waals surface area contributed by atoms with E-state index in [1.165, 1.54) is 81.4 Å². The largest absolute Gasteiger partial charge is 0.370 e. The summed E-state index contributed by atoms with van der Waals surface area (Å²) in [7, 11) is 2.84. The Balaban J connectivity index is 1.02. The second-order valence-electron chi connectivity index (χ2n) is 16.5. The number of rotatable bonds is 10. The van der Waals surface area contributed by atoms with Gasteiger partial charge in [-0.1, -0.05) is 41.5 Å². The third-order valence-corrected chi connectivity index (χ3v) is 24.4. The Labute approximate surface area is 376 Å². The maximum absolute atomic E-state index is 5.15. The Kier molecular flexibility index (Phi) is 9.48. The summed E-state index contributed by atoms with van der Waals surface area (Å²) in [6, 6.07) is 14.2. The van der Waals surface area contributed by atoms with Gasteiger partial charge in [-0.25, -0.2) is 0 Å². The summed E-state index contributed by atoms with van der Waals surface area (Å²) in [6.45, 7) is 14.1. The molecular weight excluding hydrogens is 903 g/mol. The van der Waals surface area contributed by atoms with Crippen molar-refractivity contribution in [2.45, 2.75) is 57.3 Å². The van der Waals surface area contributed by atoms with E-state index in [9.17, 15) is 0 Å². The first-order chi connectivity index (χ1) is 28.5. The van der Waals surface area contributed by atoms with Gasteiger partial charge in [-0.3, -0.25) is 9.97 Å². The first-order valence-electron chi connectivity index (χ1n) is 19.5. The number of hydrogen-bond donors (Lipinski definition) is 0. The molecule has 0 aromatic carbocycles. The third kappa shape index (κ3) is 6.22. The average molecular weight is 942 g/mol. The van der Waals surface area contributed by atoms with Gasteiger partial charge in [0, 0.05) is 80.8 Å². The average Bonchev–Trinajstić information content (AvgIpc) is 4.03. The molecule has 10 aromatic heterocycles. The second kappa shape index (κ2) is 14.4. The lowest BCUT2D eigenvalue weighted by molar-refractivity contribution is 0.718. The first-order valence-corrected chi connectivity index (χ1v) is 27.8. The van der Waals surface area contributed by atoms with E-state index in [4.69, 9.17) is 27.5 Å². The molecule has 0 atom stereocenters. The molecule has 0 spiro atoms. The van der Waals surface area contributed by atoms with Crippen LogP contribution in [0.25, 0.3) is 92.6 Å². The van der Waals surface area contributed by atoms with Crippen molar-refractivity contribution in [1.29, 1.82) is 0 Å². The van der Waals surface area contributed by atoms with Crippen LogP contribution in [0.3, 0.4) is 0 Å². The number of hydrogen-bond acceptors (Lipinski definition) is 15. The van der Waals surface area contributed by atoms with Crippen LogP contribution in [-0.4, -0.2) is 53.1 Å². The van der Waals surface area contributed by atoms with Crippen molar-refractivity contribution in [2.24, 2.45) is 11.8 Å². The maximum Gasteiger partial charge on any atom is 0.132 e. The zero-order chi connectivity index (χ0) is 40.5. The van der Waals surface area contributed by atoms with Crippen LogP contribution >= 0.6 is 102 Å². The molecular formula is C43H39N7S9. The van der Waals surface area contributed by atoms with Crippen molar-refractivity contribution in [3.63, 3.8) is 0 Å². The van der Waals surface area contributed by atoms with E-state index in [0.29, 0.717) is 17.8 Å². The van der Waals surface area contributed by atoms with Crippen LogP contribution in [0.5, 0.6) is 0 Å². The molecule has 0 radical (unpaired) electrons. The molecule has 10 aromatic rings. The molecule has 0 fully saturated rings. The van der Waals surface area contributed by atoms with E-state index in [1.807, 2.05) is 56.7 Å². The van der Waals surface area contributed by atoms with Crippen LogP contribution < -0.4 is 4.90 Å². The van der Waals surface area contributed by atoms with E-state index in [-0.39, 0.29) is 0 Å². The highest BCUT2D eigenvalue weighted by atomic mass is 32.3. The quantitative estimate of drug-likeness (QED) is 0.135. The Hall–Kier alpha value is -3.19. The molecule has 11 heterocycles. The molecule has 0 aliphatic carbocycles.